The highest BCUT2D eigenvalue weighted by molar-refractivity contribution is 5.92. The zero-order chi connectivity index (χ0) is 14.9. The van der Waals surface area contributed by atoms with Crippen molar-refractivity contribution in [2.24, 2.45) is 5.41 Å². The van der Waals surface area contributed by atoms with Crippen LogP contribution < -0.4 is 0 Å². The molecule has 1 aromatic rings. The van der Waals surface area contributed by atoms with Gasteiger partial charge in [-0.3, -0.25) is 9.48 Å². The van der Waals surface area contributed by atoms with Crippen molar-refractivity contribution in [2.45, 2.75) is 52.7 Å². The highest BCUT2D eigenvalue weighted by atomic mass is 16.3. The number of nitrogens with zero attached hydrogens (tertiary/aromatic N) is 3. The first-order valence-electron chi connectivity index (χ1n) is 7.31. The zero-order valence-electron chi connectivity index (χ0n) is 12.8. The Labute approximate surface area is 120 Å². The summed E-state index contributed by atoms with van der Waals surface area (Å²) in [5.74, 6) is 0.0124. The SMILES string of the molecule is CC(C)n1nccc1C(=O)N1CCC(O)CC(C)(C)C1. The van der Waals surface area contributed by atoms with E-state index in [0.29, 0.717) is 25.2 Å². The van der Waals surface area contributed by atoms with E-state index in [2.05, 4.69) is 18.9 Å². The molecule has 0 radical (unpaired) electrons. The van der Waals surface area contributed by atoms with E-state index in [0.717, 1.165) is 6.42 Å². The standard InChI is InChI=1S/C15H25N3O2/c1-11(2)18-13(5-7-16-18)14(20)17-8-6-12(19)9-15(3,4)10-17/h5,7,11-12,19H,6,8-10H2,1-4H3. The normalized spacial score (nSPS) is 22.9. The first kappa shape index (κ1) is 15.0. The number of aromatic nitrogens is 2. The van der Waals surface area contributed by atoms with Crippen molar-refractivity contribution in [1.29, 1.82) is 0 Å². The summed E-state index contributed by atoms with van der Waals surface area (Å²) in [5, 5.41) is 14.2. The highest BCUT2D eigenvalue weighted by Gasteiger charge is 2.32. The number of likely N-dealkylation sites (tertiary alicyclic amines) is 1. The summed E-state index contributed by atoms with van der Waals surface area (Å²) in [6, 6.07) is 1.94. The quantitative estimate of drug-likeness (QED) is 0.901. The molecule has 1 atom stereocenters. The van der Waals surface area contributed by atoms with Crippen molar-refractivity contribution < 1.29 is 9.90 Å². The van der Waals surface area contributed by atoms with Crippen LogP contribution in [-0.4, -0.2) is 44.9 Å². The van der Waals surface area contributed by atoms with E-state index < -0.39 is 0 Å². The molecule has 5 nitrogen and oxygen atoms in total. The third-order valence-electron chi connectivity index (χ3n) is 3.81. The maximum absolute atomic E-state index is 12.7. The van der Waals surface area contributed by atoms with Crippen molar-refractivity contribution in [1.82, 2.24) is 14.7 Å². The summed E-state index contributed by atoms with van der Waals surface area (Å²) in [4.78, 5) is 14.6. The first-order chi connectivity index (χ1) is 9.30. The van der Waals surface area contributed by atoms with Crippen molar-refractivity contribution in [3.63, 3.8) is 0 Å². The molecule has 1 aliphatic heterocycles. The van der Waals surface area contributed by atoms with E-state index in [9.17, 15) is 9.90 Å². The Bertz CT molecular complexity index is 479. The number of aliphatic hydroxyl groups excluding tert-OH is 1. The molecule has 2 rings (SSSR count). The van der Waals surface area contributed by atoms with Crippen LogP contribution in [0.4, 0.5) is 0 Å². The van der Waals surface area contributed by atoms with E-state index in [1.807, 2.05) is 18.7 Å². The molecule has 1 aliphatic rings. The van der Waals surface area contributed by atoms with Crippen LogP contribution in [0.2, 0.25) is 0 Å². The van der Waals surface area contributed by atoms with Crippen LogP contribution >= 0.6 is 0 Å². The predicted molar refractivity (Wildman–Crippen MR) is 77.5 cm³/mol. The van der Waals surface area contributed by atoms with Gasteiger partial charge >= 0.3 is 0 Å². The maximum atomic E-state index is 12.7. The third kappa shape index (κ3) is 3.20. The number of carbonyl (C=O) groups excluding carboxylic acids is 1. The smallest absolute Gasteiger partial charge is 0.272 e. The molecule has 2 heterocycles. The molecule has 1 aromatic heterocycles. The Hall–Kier alpha value is -1.36. The Morgan fingerprint density at radius 1 is 1.50 bits per heavy atom. The second kappa shape index (κ2) is 5.56. The fourth-order valence-electron chi connectivity index (χ4n) is 2.94. The summed E-state index contributed by atoms with van der Waals surface area (Å²) >= 11 is 0. The molecule has 1 fully saturated rings. The summed E-state index contributed by atoms with van der Waals surface area (Å²) in [7, 11) is 0. The summed E-state index contributed by atoms with van der Waals surface area (Å²) in [6.07, 6.45) is 2.73. The van der Waals surface area contributed by atoms with Gasteiger partial charge in [-0.15, -0.1) is 0 Å². The molecule has 0 spiro atoms. The van der Waals surface area contributed by atoms with Gasteiger partial charge in [0.2, 0.25) is 0 Å². The number of hydrogen-bond donors (Lipinski definition) is 1. The molecule has 0 aliphatic carbocycles. The zero-order valence-corrected chi connectivity index (χ0v) is 12.8. The Balaban J connectivity index is 2.21. The highest BCUT2D eigenvalue weighted by Crippen LogP contribution is 2.29. The molecule has 5 heteroatoms. The van der Waals surface area contributed by atoms with Gasteiger partial charge < -0.3 is 10.0 Å². The number of hydrogen-bond acceptors (Lipinski definition) is 3. The van der Waals surface area contributed by atoms with E-state index in [1.165, 1.54) is 0 Å². The molecular weight excluding hydrogens is 254 g/mol. The van der Waals surface area contributed by atoms with Crippen molar-refractivity contribution in [2.75, 3.05) is 13.1 Å². The van der Waals surface area contributed by atoms with Crippen LogP contribution in [0.25, 0.3) is 0 Å². The van der Waals surface area contributed by atoms with Crippen LogP contribution in [-0.2, 0) is 0 Å². The Kier molecular flexibility index (Phi) is 4.18. The van der Waals surface area contributed by atoms with Crippen LogP contribution in [0, 0.1) is 5.41 Å². The molecule has 1 saturated heterocycles. The van der Waals surface area contributed by atoms with Gasteiger partial charge in [-0.05, 0) is 38.2 Å². The second-order valence-electron chi connectivity index (χ2n) is 6.79. The van der Waals surface area contributed by atoms with Crippen molar-refractivity contribution >= 4 is 5.91 Å². The fourth-order valence-corrected chi connectivity index (χ4v) is 2.94. The molecule has 1 unspecified atom stereocenters. The topological polar surface area (TPSA) is 58.4 Å². The van der Waals surface area contributed by atoms with Gasteiger partial charge in [0.25, 0.3) is 5.91 Å². The van der Waals surface area contributed by atoms with Crippen LogP contribution in [0.3, 0.4) is 0 Å². The maximum Gasteiger partial charge on any atom is 0.272 e. The Morgan fingerprint density at radius 3 is 2.85 bits per heavy atom. The number of rotatable bonds is 2. The average Bonchev–Trinajstić information content (AvgIpc) is 2.76. The molecular formula is C15H25N3O2. The summed E-state index contributed by atoms with van der Waals surface area (Å²) in [5.41, 5.74) is 0.570. The van der Waals surface area contributed by atoms with Crippen LogP contribution in [0.5, 0.6) is 0 Å². The fraction of sp³-hybridized carbons (Fsp3) is 0.733. The average molecular weight is 279 g/mol. The predicted octanol–water partition coefficient (Wildman–Crippen LogP) is 2.09. The largest absolute Gasteiger partial charge is 0.393 e. The van der Waals surface area contributed by atoms with Gasteiger partial charge in [-0.2, -0.15) is 5.10 Å². The molecule has 1 N–H and O–H groups in total. The first-order valence-corrected chi connectivity index (χ1v) is 7.31. The van der Waals surface area contributed by atoms with Gasteiger partial charge in [-0.25, -0.2) is 0 Å². The van der Waals surface area contributed by atoms with Crippen molar-refractivity contribution in [3.05, 3.63) is 18.0 Å². The molecule has 0 bridgehead atoms. The lowest BCUT2D eigenvalue weighted by Gasteiger charge is -2.30. The second-order valence-corrected chi connectivity index (χ2v) is 6.79. The number of carbonyl (C=O) groups is 1. The number of amides is 1. The van der Waals surface area contributed by atoms with Gasteiger partial charge in [0.1, 0.15) is 5.69 Å². The molecule has 112 valence electrons. The van der Waals surface area contributed by atoms with Gasteiger partial charge in [0.05, 0.1) is 6.10 Å². The lowest BCUT2D eigenvalue weighted by Crippen LogP contribution is -2.38. The molecule has 1 amide bonds. The monoisotopic (exact) mass is 279 g/mol. The minimum atomic E-state index is -0.321. The summed E-state index contributed by atoms with van der Waals surface area (Å²) < 4.78 is 1.76. The van der Waals surface area contributed by atoms with E-state index in [-0.39, 0.29) is 23.5 Å². The number of aliphatic hydroxyl groups is 1. The van der Waals surface area contributed by atoms with E-state index in [1.54, 1.807) is 16.9 Å². The molecule has 0 aromatic carbocycles. The van der Waals surface area contributed by atoms with Gasteiger partial charge in [-0.1, -0.05) is 13.8 Å². The van der Waals surface area contributed by atoms with Crippen LogP contribution in [0.15, 0.2) is 12.3 Å². The Morgan fingerprint density at radius 2 is 2.20 bits per heavy atom. The molecule has 0 saturated carbocycles. The summed E-state index contributed by atoms with van der Waals surface area (Å²) in [6.45, 7) is 9.50. The van der Waals surface area contributed by atoms with E-state index >= 15 is 0 Å². The minimum Gasteiger partial charge on any atom is -0.393 e. The van der Waals surface area contributed by atoms with E-state index in [4.69, 9.17) is 0 Å². The van der Waals surface area contributed by atoms with Crippen LogP contribution in [0.1, 0.15) is 57.1 Å². The van der Waals surface area contributed by atoms with Crippen molar-refractivity contribution in [3.8, 4) is 0 Å². The molecule has 20 heavy (non-hydrogen) atoms. The van der Waals surface area contributed by atoms with Gasteiger partial charge in [0.15, 0.2) is 0 Å². The lowest BCUT2D eigenvalue weighted by molar-refractivity contribution is 0.0690. The van der Waals surface area contributed by atoms with Gasteiger partial charge in [0, 0.05) is 25.3 Å². The lowest BCUT2D eigenvalue weighted by atomic mass is 9.87. The minimum absolute atomic E-state index is 0.0124. The third-order valence-corrected chi connectivity index (χ3v) is 3.81.